The molecule has 0 aliphatic heterocycles. The fraction of sp³-hybridized carbons (Fsp3) is 0.308. The minimum Gasteiger partial charge on any atom is -0.495 e. The van der Waals surface area contributed by atoms with Gasteiger partial charge >= 0.3 is 0 Å². The quantitative estimate of drug-likeness (QED) is 0.844. The van der Waals surface area contributed by atoms with Gasteiger partial charge in [0.1, 0.15) is 10.6 Å². The van der Waals surface area contributed by atoms with E-state index in [0.717, 1.165) is 0 Å². The van der Waals surface area contributed by atoms with Crippen LogP contribution in [0.25, 0.3) is 0 Å². The minimum atomic E-state index is -3.50. The molecule has 0 fully saturated rings. The summed E-state index contributed by atoms with van der Waals surface area (Å²) in [5.74, 6) is 0.140. The molecule has 0 aliphatic carbocycles. The van der Waals surface area contributed by atoms with Gasteiger partial charge in [0.15, 0.2) is 9.84 Å². The van der Waals surface area contributed by atoms with Crippen molar-refractivity contribution < 1.29 is 13.2 Å². The van der Waals surface area contributed by atoms with Crippen LogP contribution in [0.15, 0.2) is 35.5 Å². The molecular weight excluding hydrogens is 278 g/mol. The average molecular weight is 295 g/mol. The first-order chi connectivity index (χ1) is 9.46. The van der Waals surface area contributed by atoms with Gasteiger partial charge in [-0.15, -0.1) is 0 Å². The Morgan fingerprint density at radius 3 is 2.75 bits per heavy atom. The standard InChI is InChI=1S/C13H17N3O3S/c1-3-16-8-10(7-15-16)9-20(17,18)13-5-4-11(14)6-12(13)19-2/h4-8H,3,9,14H2,1-2H3. The predicted octanol–water partition coefficient (Wildman–Crippen LogP) is 1.47. The molecule has 1 aromatic carbocycles. The van der Waals surface area contributed by atoms with Gasteiger partial charge in [-0.1, -0.05) is 0 Å². The highest BCUT2D eigenvalue weighted by atomic mass is 32.2. The molecule has 0 radical (unpaired) electrons. The molecule has 7 heteroatoms. The number of sulfone groups is 1. The highest BCUT2D eigenvalue weighted by molar-refractivity contribution is 7.90. The van der Waals surface area contributed by atoms with Crippen molar-refractivity contribution in [2.45, 2.75) is 24.1 Å². The number of rotatable bonds is 5. The first-order valence-corrected chi connectivity index (χ1v) is 7.79. The Morgan fingerprint density at radius 1 is 1.40 bits per heavy atom. The third-order valence-electron chi connectivity index (χ3n) is 2.89. The van der Waals surface area contributed by atoms with Crippen LogP contribution in [-0.2, 0) is 22.1 Å². The molecule has 108 valence electrons. The molecule has 2 aromatic rings. The monoisotopic (exact) mass is 295 g/mol. The molecule has 0 atom stereocenters. The van der Waals surface area contributed by atoms with Crippen molar-refractivity contribution in [1.82, 2.24) is 9.78 Å². The van der Waals surface area contributed by atoms with E-state index in [9.17, 15) is 8.42 Å². The van der Waals surface area contributed by atoms with Gasteiger partial charge in [0, 0.05) is 30.1 Å². The van der Waals surface area contributed by atoms with Crippen LogP contribution in [0.2, 0.25) is 0 Å². The first-order valence-electron chi connectivity index (χ1n) is 6.14. The zero-order valence-electron chi connectivity index (χ0n) is 11.4. The molecular formula is C13H17N3O3S. The van der Waals surface area contributed by atoms with Crippen LogP contribution in [-0.4, -0.2) is 25.3 Å². The number of ether oxygens (including phenoxy) is 1. The van der Waals surface area contributed by atoms with Crippen LogP contribution in [0.1, 0.15) is 12.5 Å². The van der Waals surface area contributed by atoms with E-state index in [-0.39, 0.29) is 16.4 Å². The Kier molecular flexibility index (Phi) is 3.99. The minimum absolute atomic E-state index is 0.118. The molecule has 2 rings (SSSR count). The molecule has 0 unspecified atom stereocenters. The second-order valence-electron chi connectivity index (χ2n) is 4.37. The number of nitrogens with two attached hydrogens (primary N) is 1. The lowest BCUT2D eigenvalue weighted by molar-refractivity contribution is 0.403. The van der Waals surface area contributed by atoms with E-state index < -0.39 is 9.84 Å². The van der Waals surface area contributed by atoms with Gasteiger partial charge in [-0.2, -0.15) is 5.10 Å². The van der Waals surface area contributed by atoms with Crippen LogP contribution < -0.4 is 10.5 Å². The van der Waals surface area contributed by atoms with Gasteiger partial charge < -0.3 is 10.5 Å². The molecule has 0 aliphatic rings. The number of aryl methyl sites for hydroxylation is 1. The van der Waals surface area contributed by atoms with Gasteiger partial charge in [0.25, 0.3) is 0 Å². The van der Waals surface area contributed by atoms with E-state index in [2.05, 4.69) is 5.10 Å². The Hall–Kier alpha value is -2.02. The summed E-state index contributed by atoms with van der Waals surface area (Å²) in [7, 11) is -2.08. The average Bonchev–Trinajstić information content (AvgIpc) is 2.85. The number of benzene rings is 1. The van der Waals surface area contributed by atoms with Gasteiger partial charge in [0.05, 0.1) is 19.1 Å². The Labute approximate surface area is 118 Å². The lowest BCUT2D eigenvalue weighted by atomic mass is 10.3. The van der Waals surface area contributed by atoms with Crippen molar-refractivity contribution in [3.63, 3.8) is 0 Å². The van der Waals surface area contributed by atoms with E-state index >= 15 is 0 Å². The topological polar surface area (TPSA) is 87.2 Å². The van der Waals surface area contributed by atoms with Crippen LogP contribution in [0.5, 0.6) is 5.75 Å². The largest absolute Gasteiger partial charge is 0.495 e. The summed E-state index contributed by atoms with van der Waals surface area (Å²) in [5, 5.41) is 4.07. The molecule has 0 saturated carbocycles. The van der Waals surface area contributed by atoms with E-state index in [0.29, 0.717) is 17.8 Å². The number of aromatic nitrogens is 2. The van der Waals surface area contributed by atoms with Crippen LogP contribution in [0, 0.1) is 0 Å². The summed E-state index contributed by atoms with van der Waals surface area (Å²) < 4.78 is 31.6. The van der Waals surface area contributed by atoms with Gasteiger partial charge in [-0.05, 0) is 19.1 Å². The number of methoxy groups -OCH3 is 1. The highest BCUT2D eigenvalue weighted by Gasteiger charge is 2.21. The molecule has 2 N–H and O–H groups in total. The zero-order valence-corrected chi connectivity index (χ0v) is 12.2. The van der Waals surface area contributed by atoms with E-state index in [1.807, 2.05) is 6.92 Å². The molecule has 1 aromatic heterocycles. The Morgan fingerprint density at radius 2 is 2.15 bits per heavy atom. The summed E-state index contributed by atoms with van der Waals surface area (Å²) in [5.41, 5.74) is 6.73. The first kappa shape index (κ1) is 14.4. The van der Waals surface area contributed by atoms with Crippen molar-refractivity contribution in [2.24, 2.45) is 0 Å². The predicted molar refractivity (Wildman–Crippen MR) is 76.2 cm³/mol. The molecule has 20 heavy (non-hydrogen) atoms. The number of nitrogens with zero attached hydrogens (tertiary/aromatic N) is 2. The molecule has 0 spiro atoms. The van der Waals surface area contributed by atoms with Crippen LogP contribution in [0.4, 0.5) is 5.69 Å². The van der Waals surface area contributed by atoms with Crippen molar-refractivity contribution in [2.75, 3.05) is 12.8 Å². The fourth-order valence-electron chi connectivity index (χ4n) is 1.89. The number of nitrogen functional groups attached to an aromatic ring is 1. The lowest BCUT2D eigenvalue weighted by Crippen LogP contribution is -2.07. The van der Waals surface area contributed by atoms with Gasteiger partial charge in [-0.25, -0.2) is 8.42 Å². The van der Waals surface area contributed by atoms with Crippen molar-refractivity contribution in [3.8, 4) is 5.75 Å². The van der Waals surface area contributed by atoms with Crippen molar-refractivity contribution >= 4 is 15.5 Å². The SMILES string of the molecule is CCn1cc(CS(=O)(=O)c2ccc(N)cc2OC)cn1. The van der Waals surface area contributed by atoms with E-state index in [1.54, 1.807) is 23.1 Å². The maximum absolute atomic E-state index is 12.4. The van der Waals surface area contributed by atoms with Crippen molar-refractivity contribution in [3.05, 3.63) is 36.2 Å². The number of hydrogen-bond donors (Lipinski definition) is 1. The maximum Gasteiger partial charge on any atom is 0.186 e. The fourth-order valence-corrected chi connectivity index (χ4v) is 3.36. The van der Waals surface area contributed by atoms with Crippen molar-refractivity contribution in [1.29, 1.82) is 0 Å². The second-order valence-corrected chi connectivity index (χ2v) is 6.33. The smallest absolute Gasteiger partial charge is 0.186 e. The van der Waals surface area contributed by atoms with Gasteiger partial charge in [-0.3, -0.25) is 4.68 Å². The third kappa shape index (κ3) is 2.93. The molecule has 0 saturated heterocycles. The third-order valence-corrected chi connectivity index (χ3v) is 4.61. The summed E-state index contributed by atoms with van der Waals surface area (Å²) in [6, 6.07) is 4.51. The lowest BCUT2D eigenvalue weighted by Gasteiger charge is -2.09. The second kappa shape index (κ2) is 5.54. The number of anilines is 1. The van der Waals surface area contributed by atoms with Crippen LogP contribution in [0.3, 0.4) is 0 Å². The normalized spacial score (nSPS) is 11.5. The zero-order chi connectivity index (χ0) is 14.8. The van der Waals surface area contributed by atoms with E-state index in [1.165, 1.54) is 19.2 Å². The Balaban J connectivity index is 2.35. The molecule has 0 bridgehead atoms. The van der Waals surface area contributed by atoms with Crippen LogP contribution >= 0.6 is 0 Å². The maximum atomic E-state index is 12.4. The number of hydrogen-bond acceptors (Lipinski definition) is 5. The Bertz CT molecular complexity index is 707. The van der Waals surface area contributed by atoms with Gasteiger partial charge in [0.2, 0.25) is 0 Å². The molecule has 0 amide bonds. The summed E-state index contributed by atoms with van der Waals surface area (Å²) >= 11 is 0. The summed E-state index contributed by atoms with van der Waals surface area (Å²) in [6.45, 7) is 2.64. The summed E-state index contributed by atoms with van der Waals surface area (Å²) in [6.07, 6.45) is 3.28. The highest BCUT2D eigenvalue weighted by Crippen LogP contribution is 2.28. The van der Waals surface area contributed by atoms with E-state index in [4.69, 9.17) is 10.5 Å². The summed E-state index contributed by atoms with van der Waals surface area (Å²) in [4.78, 5) is 0.137. The molecule has 1 heterocycles. The molecule has 6 nitrogen and oxygen atoms in total.